The first-order valence-corrected chi connectivity index (χ1v) is 15.9. The summed E-state index contributed by atoms with van der Waals surface area (Å²) in [5.74, 6) is 1.67. The molecule has 1 radical (unpaired) electrons. The number of fused-ring (bicyclic) bond motifs is 3. The smallest absolute Gasteiger partial charge is 0.216 e. The summed E-state index contributed by atoms with van der Waals surface area (Å²) in [5, 5.41) is 2.12. The van der Waals surface area contributed by atoms with Gasteiger partial charge in [0.15, 0.2) is 0 Å². The van der Waals surface area contributed by atoms with E-state index >= 15 is 0 Å². The molecule has 0 spiro atoms. The Morgan fingerprint density at radius 1 is 0.891 bits per heavy atom. The van der Waals surface area contributed by atoms with E-state index in [9.17, 15) is 0 Å². The van der Waals surface area contributed by atoms with Crippen molar-refractivity contribution in [2.75, 3.05) is 0 Å². The van der Waals surface area contributed by atoms with E-state index < -0.39 is 0 Å². The standard InChI is InChI=1S/C22H19N2O.C18H15N2.Ir/c1-14-9-10-18-17-7-4-8-19(21(17)25-22(18)24-14)20-13-16(11-12-23-20)15-5-2-3-6-15;1-12-10-15-9-8-13(2)20-17(15)16(11-12)19-18(20)14-6-4-3-5-7-14;/h4,7,9-13,15H,2-3,5-6H2,1H3;3-6,8-11,13H,1-2H3;/q2*-1;. The number of aromatic nitrogens is 4. The second kappa shape index (κ2) is 12.4. The van der Waals surface area contributed by atoms with E-state index in [0.29, 0.717) is 17.7 Å². The number of pyridine rings is 2. The number of aryl methyl sites for hydroxylation is 2. The molecule has 1 atom stereocenters. The van der Waals surface area contributed by atoms with Crippen LogP contribution in [0.2, 0.25) is 0 Å². The minimum atomic E-state index is 0. The molecule has 231 valence electrons. The van der Waals surface area contributed by atoms with Crippen molar-refractivity contribution in [2.45, 2.75) is 58.4 Å². The summed E-state index contributed by atoms with van der Waals surface area (Å²) in [6, 6.07) is 31.8. The van der Waals surface area contributed by atoms with Crippen LogP contribution >= 0.6 is 0 Å². The van der Waals surface area contributed by atoms with Gasteiger partial charge in [0, 0.05) is 43.4 Å². The maximum Gasteiger partial charge on any atom is 0.216 e. The minimum absolute atomic E-state index is 0. The summed E-state index contributed by atoms with van der Waals surface area (Å²) in [4.78, 5) is 14.0. The molecule has 1 unspecified atom stereocenters. The quantitative estimate of drug-likeness (QED) is 0.168. The zero-order valence-corrected chi connectivity index (χ0v) is 28.6. The number of rotatable bonds is 3. The van der Waals surface area contributed by atoms with Crippen LogP contribution in [-0.2, 0) is 20.1 Å². The summed E-state index contributed by atoms with van der Waals surface area (Å²) in [6.45, 7) is 6.30. The van der Waals surface area contributed by atoms with Gasteiger partial charge in [0.05, 0.1) is 22.4 Å². The van der Waals surface area contributed by atoms with Gasteiger partial charge in [-0.25, -0.2) is 4.98 Å². The summed E-state index contributed by atoms with van der Waals surface area (Å²) >= 11 is 0. The molecule has 1 fully saturated rings. The van der Waals surface area contributed by atoms with E-state index in [2.05, 4.69) is 89.1 Å². The average molecular weight is 779 g/mol. The molecule has 0 bridgehead atoms. The number of furan rings is 1. The molecule has 0 N–H and O–H groups in total. The Hall–Kier alpha value is -4.38. The van der Waals surface area contributed by atoms with Crippen LogP contribution < -0.4 is 0 Å². The molecular weight excluding hydrogens is 745 g/mol. The number of allylic oxidation sites excluding steroid dienone is 1. The molecule has 0 saturated heterocycles. The third-order valence-electron chi connectivity index (χ3n) is 9.18. The van der Waals surface area contributed by atoms with Crippen molar-refractivity contribution in [1.29, 1.82) is 0 Å². The van der Waals surface area contributed by atoms with Crippen LogP contribution in [0.3, 0.4) is 0 Å². The second-order valence-electron chi connectivity index (χ2n) is 12.4. The Kier molecular flexibility index (Phi) is 8.18. The summed E-state index contributed by atoms with van der Waals surface area (Å²) < 4.78 is 8.42. The van der Waals surface area contributed by atoms with E-state index in [1.165, 1.54) is 47.9 Å². The molecule has 1 saturated carbocycles. The number of hydrogen-bond donors (Lipinski definition) is 0. The Balaban J connectivity index is 0.000000147. The third-order valence-corrected chi connectivity index (χ3v) is 9.18. The molecule has 2 aliphatic rings. The van der Waals surface area contributed by atoms with Crippen molar-refractivity contribution < 1.29 is 24.5 Å². The average Bonchev–Trinajstić information content (AvgIpc) is 3.82. The summed E-state index contributed by atoms with van der Waals surface area (Å²) in [5.41, 5.74) is 11.6. The maximum absolute atomic E-state index is 6.10. The Morgan fingerprint density at radius 3 is 2.59 bits per heavy atom. The Labute approximate surface area is 282 Å². The van der Waals surface area contributed by atoms with Crippen molar-refractivity contribution in [3.63, 3.8) is 0 Å². The van der Waals surface area contributed by atoms with E-state index in [1.807, 2.05) is 49.5 Å². The van der Waals surface area contributed by atoms with Gasteiger partial charge in [0.2, 0.25) is 5.71 Å². The fraction of sp³-hybridized carbons (Fsp3) is 0.225. The van der Waals surface area contributed by atoms with Gasteiger partial charge >= 0.3 is 0 Å². The van der Waals surface area contributed by atoms with Crippen LogP contribution in [0.15, 0.2) is 89.5 Å². The van der Waals surface area contributed by atoms with Crippen LogP contribution in [0.5, 0.6) is 0 Å². The molecule has 5 nitrogen and oxygen atoms in total. The van der Waals surface area contributed by atoms with Gasteiger partial charge in [-0.2, -0.15) is 0 Å². The first-order chi connectivity index (χ1) is 22.0. The van der Waals surface area contributed by atoms with Gasteiger partial charge in [-0.15, -0.1) is 54.1 Å². The topological polar surface area (TPSA) is 56.7 Å². The number of hydrogen-bond acceptors (Lipinski definition) is 4. The van der Waals surface area contributed by atoms with Gasteiger partial charge in [-0.3, -0.25) is 4.98 Å². The molecule has 0 amide bonds. The van der Waals surface area contributed by atoms with Crippen molar-refractivity contribution in [2.24, 2.45) is 0 Å². The van der Waals surface area contributed by atoms with Gasteiger partial charge in [-0.05, 0) is 86.7 Å². The first kappa shape index (κ1) is 30.3. The predicted molar refractivity (Wildman–Crippen MR) is 182 cm³/mol. The molecule has 5 heterocycles. The van der Waals surface area contributed by atoms with Crippen molar-refractivity contribution in [3.05, 3.63) is 120 Å². The third kappa shape index (κ3) is 5.40. The molecule has 3 aromatic carbocycles. The summed E-state index contributed by atoms with van der Waals surface area (Å²) in [7, 11) is 0. The Morgan fingerprint density at radius 2 is 1.76 bits per heavy atom. The van der Waals surface area contributed by atoms with E-state index in [1.54, 1.807) is 0 Å². The molecule has 7 aromatic rings. The molecule has 4 aromatic heterocycles. The van der Waals surface area contributed by atoms with Gasteiger partial charge in [0.25, 0.3) is 0 Å². The Bertz CT molecular complexity index is 2220. The van der Waals surface area contributed by atoms with Crippen molar-refractivity contribution in [1.82, 2.24) is 19.5 Å². The fourth-order valence-corrected chi connectivity index (χ4v) is 6.99. The first-order valence-electron chi connectivity index (χ1n) is 15.9. The summed E-state index contributed by atoms with van der Waals surface area (Å²) in [6.07, 6.45) is 11.6. The molecule has 6 heteroatoms. The van der Waals surface area contributed by atoms with Crippen LogP contribution in [0.1, 0.15) is 67.0 Å². The van der Waals surface area contributed by atoms with Crippen molar-refractivity contribution >= 4 is 39.2 Å². The number of benzene rings is 3. The normalized spacial score (nSPS) is 15.7. The van der Waals surface area contributed by atoms with Gasteiger partial charge in [-0.1, -0.05) is 47.6 Å². The van der Waals surface area contributed by atoms with Crippen LogP contribution in [0.4, 0.5) is 0 Å². The fourth-order valence-electron chi connectivity index (χ4n) is 6.99. The number of nitrogens with zero attached hydrogens (tertiary/aromatic N) is 4. The van der Waals surface area contributed by atoms with Crippen LogP contribution in [0.25, 0.3) is 61.8 Å². The molecule has 46 heavy (non-hydrogen) atoms. The SMILES string of the molecule is Cc1cc2c3c(c1)nc(-c1[c-]cccc1)n3C(C)C=C2.Cc1ccc2c(n1)oc1c(-c3cc(C4CCCC4)ccn3)[c-]ccc12.[Ir]. The van der Waals surface area contributed by atoms with Crippen molar-refractivity contribution in [3.8, 4) is 22.6 Å². The molecule has 1 aliphatic carbocycles. The van der Waals surface area contributed by atoms with Crippen LogP contribution in [-0.4, -0.2) is 19.5 Å². The second-order valence-corrected chi connectivity index (χ2v) is 12.4. The number of imidazole rings is 1. The molecule has 9 rings (SSSR count). The molecular formula is C40H34IrN4O-2. The molecule has 1 aliphatic heterocycles. The monoisotopic (exact) mass is 779 g/mol. The minimum Gasteiger partial charge on any atom is -0.486 e. The zero-order valence-electron chi connectivity index (χ0n) is 26.2. The van der Waals surface area contributed by atoms with E-state index in [4.69, 9.17) is 9.40 Å². The van der Waals surface area contributed by atoms with E-state index in [0.717, 1.165) is 50.2 Å². The zero-order chi connectivity index (χ0) is 30.5. The maximum atomic E-state index is 6.10. The van der Waals surface area contributed by atoms with Crippen LogP contribution in [0, 0.1) is 26.0 Å². The van der Waals surface area contributed by atoms with Gasteiger partial charge < -0.3 is 14.0 Å². The largest absolute Gasteiger partial charge is 0.486 e. The predicted octanol–water partition coefficient (Wildman–Crippen LogP) is 10.2. The van der Waals surface area contributed by atoms with E-state index in [-0.39, 0.29) is 20.1 Å². The van der Waals surface area contributed by atoms with Gasteiger partial charge in [0.1, 0.15) is 0 Å².